The van der Waals surface area contributed by atoms with E-state index in [1.807, 2.05) is 12.1 Å². The van der Waals surface area contributed by atoms with E-state index in [9.17, 15) is 4.79 Å². The lowest BCUT2D eigenvalue weighted by Gasteiger charge is -2.13. The highest BCUT2D eigenvalue weighted by atomic mass is 16.1. The van der Waals surface area contributed by atoms with Gasteiger partial charge in [0.1, 0.15) is 11.6 Å². The molecule has 2 heterocycles. The minimum absolute atomic E-state index is 0.388. The molecule has 0 aliphatic carbocycles. The summed E-state index contributed by atoms with van der Waals surface area (Å²) in [6.45, 7) is 2.81. The van der Waals surface area contributed by atoms with Gasteiger partial charge in [-0.3, -0.25) is 9.78 Å². The number of primary amides is 1. The van der Waals surface area contributed by atoms with Crippen LogP contribution in [0.4, 0.5) is 5.82 Å². The first kappa shape index (κ1) is 16.5. The lowest BCUT2D eigenvalue weighted by Crippen LogP contribution is -2.20. The number of hydrogen-bond donors (Lipinski definition) is 3. The minimum atomic E-state index is -0.485. The second-order valence-electron chi connectivity index (χ2n) is 5.04. The highest BCUT2D eigenvalue weighted by molar-refractivity contribution is 5.92. The molecule has 0 radical (unpaired) electrons. The van der Waals surface area contributed by atoms with Gasteiger partial charge in [0.15, 0.2) is 0 Å². The Morgan fingerprint density at radius 2 is 2.04 bits per heavy atom. The summed E-state index contributed by atoms with van der Waals surface area (Å²) >= 11 is 0. The van der Waals surface area contributed by atoms with Crippen molar-refractivity contribution in [2.24, 2.45) is 5.73 Å². The number of amides is 1. The van der Waals surface area contributed by atoms with E-state index in [-0.39, 0.29) is 0 Å². The molecule has 2 rings (SSSR count). The summed E-state index contributed by atoms with van der Waals surface area (Å²) in [5, 5.41) is 6.57. The largest absolute Gasteiger partial charge is 0.368 e. The monoisotopic (exact) mass is 311 g/mol. The molecule has 4 N–H and O–H groups in total. The first-order chi connectivity index (χ1) is 11.2. The number of hydrogen-bond acceptors (Lipinski definition) is 5. The Labute approximate surface area is 135 Å². The summed E-state index contributed by atoms with van der Waals surface area (Å²) in [5.41, 5.74) is 6.74. The summed E-state index contributed by atoms with van der Waals surface area (Å²) in [6.07, 6.45) is 9.09. The van der Waals surface area contributed by atoms with Crippen LogP contribution in [-0.2, 0) is 6.54 Å². The van der Waals surface area contributed by atoms with Crippen LogP contribution in [0.25, 0.3) is 0 Å². The van der Waals surface area contributed by atoms with Gasteiger partial charge < -0.3 is 16.4 Å². The molecule has 0 saturated carbocycles. The number of anilines is 1. The molecule has 0 aliphatic rings. The van der Waals surface area contributed by atoms with Crippen molar-refractivity contribution in [2.45, 2.75) is 26.3 Å². The third-order valence-corrected chi connectivity index (χ3v) is 3.18. The molecule has 0 aliphatic heterocycles. The van der Waals surface area contributed by atoms with E-state index in [2.05, 4.69) is 33.6 Å². The van der Waals surface area contributed by atoms with Gasteiger partial charge in [-0.2, -0.15) is 0 Å². The van der Waals surface area contributed by atoms with Crippen LogP contribution < -0.4 is 16.4 Å². The zero-order valence-electron chi connectivity index (χ0n) is 13.1. The van der Waals surface area contributed by atoms with E-state index < -0.39 is 5.91 Å². The van der Waals surface area contributed by atoms with Crippen molar-refractivity contribution in [3.8, 4) is 0 Å². The third kappa shape index (κ3) is 5.43. The molecular weight excluding hydrogens is 290 g/mol. The van der Waals surface area contributed by atoms with E-state index >= 15 is 0 Å². The Morgan fingerprint density at radius 3 is 2.65 bits per heavy atom. The van der Waals surface area contributed by atoms with Crippen LogP contribution in [0, 0.1) is 0 Å². The van der Waals surface area contributed by atoms with Crippen molar-refractivity contribution in [1.82, 2.24) is 15.3 Å². The quantitative estimate of drug-likeness (QED) is 0.696. The molecule has 0 saturated heterocycles. The minimum Gasteiger partial charge on any atom is -0.368 e. The summed E-state index contributed by atoms with van der Waals surface area (Å²) in [6, 6.07) is 7.31. The van der Waals surface area contributed by atoms with Gasteiger partial charge in [0.05, 0.1) is 5.56 Å². The van der Waals surface area contributed by atoms with Gasteiger partial charge in [-0.1, -0.05) is 13.3 Å². The zero-order valence-corrected chi connectivity index (χ0v) is 13.1. The molecule has 2 aromatic heterocycles. The third-order valence-electron chi connectivity index (χ3n) is 3.18. The molecule has 23 heavy (non-hydrogen) atoms. The Balaban J connectivity index is 2.01. The predicted molar refractivity (Wildman–Crippen MR) is 90.4 cm³/mol. The van der Waals surface area contributed by atoms with Crippen LogP contribution in [0.15, 0.2) is 54.8 Å². The number of carbonyl (C=O) groups is 1. The number of nitrogens with zero attached hydrogens (tertiary/aromatic N) is 2. The summed E-state index contributed by atoms with van der Waals surface area (Å²) < 4.78 is 0. The van der Waals surface area contributed by atoms with Crippen LogP contribution in [0.1, 0.15) is 35.7 Å². The second-order valence-corrected chi connectivity index (χ2v) is 5.04. The zero-order chi connectivity index (χ0) is 16.5. The molecule has 1 amide bonds. The van der Waals surface area contributed by atoms with E-state index in [4.69, 9.17) is 5.73 Å². The summed E-state index contributed by atoms with van der Waals surface area (Å²) in [4.78, 5) is 19.3. The highest BCUT2D eigenvalue weighted by Crippen LogP contribution is 2.08. The van der Waals surface area contributed by atoms with E-state index in [1.165, 1.54) is 6.20 Å². The SMILES string of the molecule is CCC/C=C(/NCc1ccncc1)Nc1ccc(C(N)=O)cn1. The van der Waals surface area contributed by atoms with Gasteiger partial charge in [-0.25, -0.2) is 4.98 Å². The smallest absolute Gasteiger partial charge is 0.250 e. The fourth-order valence-corrected chi connectivity index (χ4v) is 1.91. The molecule has 6 nitrogen and oxygen atoms in total. The van der Waals surface area contributed by atoms with Crippen molar-refractivity contribution in [3.05, 3.63) is 65.9 Å². The van der Waals surface area contributed by atoms with E-state index in [0.717, 1.165) is 24.2 Å². The molecule has 0 fully saturated rings. The first-order valence-electron chi connectivity index (χ1n) is 7.55. The number of aromatic nitrogens is 2. The van der Waals surface area contributed by atoms with Crippen LogP contribution in [-0.4, -0.2) is 15.9 Å². The first-order valence-corrected chi connectivity index (χ1v) is 7.55. The van der Waals surface area contributed by atoms with Crippen LogP contribution in [0.2, 0.25) is 0 Å². The average Bonchev–Trinajstić information content (AvgIpc) is 2.58. The number of unbranched alkanes of at least 4 members (excludes halogenated alkanes) is 1. The Bertz CT molecular complexity index is 652. The number of carbonyl (C=O) groups excluding carboxylic acids is 1. The maximum atomic E-state index is 11.1. The molecular formula is C17H21N5O. The van der Waals surface area contributed by atoms with Gasteiger partial charge in [-0.15, -0.1) is 0 Å². The van der Waals surface area contributed by atoms with Gasteiger partial charge in [0, 0.05) is 25.1 Å². The molecule has 0 aromatic carbocycles. The lowest BCUT2D eigenvalue weighted by atomic mass is 10.2. The molecule has 6 heteroatoms. The number of nitrogens with two attached hydrogens (primary N) is 1. The fraction of sp³-hybridized carbons (Fsp3) is 0.235. The maximum absolute atomic E-state index is 11.1. The second kappa shape index (κ2) is 8.53. The molecule has 120 valence electrons. The number of pyridine rings is 2. The molecule has 2 aromatic rings. The van der Waals surface area contributed by atoms with Crippen molar-refractivity contribution in [1.29, 1.82) is 0 Å². The fourth-order valence-electron chi connectivity index (χ4n) is 1.91. The van der Waals surface area contributed by atoms with Gasteiger partial charge in [0.25, 0.3) is 0 Å². The Kier molecular flexibility index (Phi) is 6.11. The maximum Gasteiger partial charge on any atom is 0.250 e. The predicted octanol–water partition coefficient (Wildman–Crippen LogP) is 2.42. The number of nitrogens with one attached hydrogen (secondary N) is 2. The topological polar surface area (TPSA) is 92.9 Å². The molecule has 0 bridgehead atoms. The number of rotatable bonds is 8. The normalized spacial score (nSPS) is 11.1. The Morgan fingerprint density at radius 1 is 1.26 bits per heavy atom. The van der Waals surface area contributed by atoms with Crippen molar-refractivity contribution in [2.75, 3.05) is 5.32 Å². The highest BCUT2D eigenvalue weighted by Gasteiger charge is 2.03. The lowest BCUT2D eigenvalue weighted by molar-refractivity contribution is 0.1000. The van der Waals surface area contributed by atoms with Crippen molar-refractivity contribution < 1.29 is 4.79 Å². The van der Waals surface area contributed by atoms with Crippen LogP contribution in [0.3, 0.4) is 0 Å². The molecule has 0 spiro atoms. The van der Waals surface area contributed by atoms with Crippen LogP contribution in [0.5, 0.6) is 0 Å². The van der Waals surface area contributed by atoms with Gasteiger partial charge in [-0.05, 0) is 42.3 Å². The van der Waals surface area contributed by atoms with E-state index in [1.54, 1.807) is 24.5 Å². The summed E-state index contributed by atoms with van der Waals surface area (Å²) in [5.74, 6) is 1.05. The summed E-state index contributed by atoms with van der Waals surface area (Å²) in [7, 11) is 0. The molecule has 0 atom stereocenters. The van der Waals surface area contributed by atoms with Gasteiger partial charge >= 0.3 is 0 Å². The average molecular weight is 311 g/mol. The van der Waals surface area contributed by atoms with Gasteiger partial charge in [0.2, 0.25) is 5.91 Å². The van der Waals surface area contributed by atoms with Crippen molar-refractivity contribution >= 4 is 11.7 Å². The standard InChI is InChI=1S/C17H21N5O/c1-2-3-4-15(20-11-13-7-9-19-10-8-13)22-16-6-5-14(12-21-16)17(18)23/h4-10,12,20H,2-3,11H2,1H3,(H2,18,23)(H,21,22)/b15-4-. The molecule has 0 unspecified atom stereocenters. The van der Waals surface area contributed by atoms with Crippen molar-refractivity contribution in [3.63, 3.8) is 0 Å². The Hall–Kier alpha value is -2.89. The van der Waals surface area contributed by atoms with E-state index in [0.29, 0.717) is 17.9 Å². The van der Waals surface area contributed by atoms with Crippen LogP contribution >= 0.6 is 0 Å². The number of allylic oxidation sites excluding steroid dienone is 1.